The van der Waals surface area contributed by atoms with E-state index in [1.165, 1.54) is 17.4 Å². The van der Waals surface area contributed by atoms with Crippen molar-refractivity contribution in [3.05, 3.63) is 64.1 Å². The molecule has 1 aliphatic heterocycles. The largest absolute Gasteiger partial charge is 0.494 e. The summed E-state index contributed by atoms with van der Waals surface area (Å²) >= 11 is 0. The summed E-state index contributed by atoms with van der Waals surface area (Å²) in [6.45, 7) is 5.49. The molecule has 5 N–H and O–H groups in total. The number of nitrogens with zero attached hydrogens (tertiary/aromatic N) is 1. The minimum Gasteiger partial charge on any atom is -0.494 e. The zero-order chi connectivity index (χ0) is 31.6. The average Bonchev–Trinajstić information content (AvgIpc) is 3.31. The first-order valence-corrected chi connectivity index (χ1v) is 14.7. The molecule has 13 heteroatoms. The van der Waals surface area contributed by atoms with Crippen LogP contribution in [0.2, 0.25) is 0 Å². The molecule has 2 heterocycles. The quantitative estimate of drug-likeness (QED) is 0.181. The van der Waals surface area contributed by atoms with E-state index < -0.39 is 48.0 Å². The maximum Gasteiger partial charge on any atom is 0.420 e. The van der Waals surface area contributed by atoms with Gasteiger partial charge in [-0.3, -0.25) is 23.7 Å². The van der Waals surface area contributed by atoms with Crippen LogP contribution in [0.1, 0.15) is 43.7 Å². The highest BCUT2D eigenvalue weighted by atomic mass is 16.5. The van der Waals surface area contributed by atoms with Gasteiger partial charge in [-0.15, -0.1) is 0 Å². The molecule has 3 atom stereocenters. The summed E-state index contributed by atoms with van der Waals surface area (Å²) in [4.78, 5) is 62.3. The number of carbonyl (C=O) groups excluding carboxylic acids is 3. The third kappa shape index (κ3) is 8.93. The number of hydrogen-bond donors (Lipinski definition) is 5. The number of ether oxygens (including phenoxy) is 1. The molecule has 0 radical (unpaired) electrons. The summed E-state index contributed by atoms with van der Waals surface area (Å²) in [5, 5.41) is 20.3. The van der Waals surface area contributed by atoms with Gasteiger partial charge in [-0.2, -0.15) is 0 Å². The lowest BCUT2D eigenvalue weighted by molar-refractivity contribution is -0.140. The highest BCUT2D eigenvalue weighted by Gasteiger charge is 2.29. The first-order chi connectivity index (χ1) is 21.1. The number of carboxylic acids is 1. The van der Waals surface area contributed by atoms with Crippen molar-refractivity contribution >= 4 is 34.8 Å². The zero-order valence-electron chi connectivity index (χ0n) is 24.9. The number of aromatic nitrogens is 1. The molecule has 3 aromatic rings. The van der Waals surface area contributed by atoms with Gasteiger partial charge in [0.1, 0.15) is 17.8 Å². The van der Waals surface area contributed by atoms with Crippen LogP contribution < -0.4 is 31.8 Å². The Morgan fingerprint density at radius 2 is 1.91 bits per heavy atom. The number of piperidine rings is 1. The molecule has 1 fully saturated rings. The fourth-order valence-corrected chi connectivity index (χ4v) is 5.21. The number of carboxylic acid groups (broad SMARTS) is 1. The second-order valence-corrected chi connectivity index (χ2v) is 11.0. The normalized spacial score (nSPS) is 16.1. The fraction of sp³-hybridized carbons (Fsp3) is 0.452. The van der Waals surface area contributed by atoms with E-state index in [1.807, 2.05) is 25.1 Å². The van der Waals surface area contributed by atoms with Gasteiger partial charge >= 0.3 is 11.7 Å². The summed E-state index contributed by atoms with van der Waals surface area (Å²) in [6.07, 6.45) is 2.59. The summed E-state index contributed by atoms with van der Waals surface area (Å²) < 4.78 is 12.5. The third-order valence-corrected chi connectivity index (χ3v) is 7.61. The number of rotatable bonds is 14. The Balaban J connectivity index is 1.48. The van der Waals surface area contributed by atoms with Crippen LogP contribution in [0.5, 0.6) is 5.75 Å². The second kappa shape index (κ2) is 15.2. The maximum absolute atomic E-state index is 13.5. The number of carbonyl (C=O) groups is 4. The Labute approximate surface area is 254 Å². The highest BCUT2D eigenvalue weighted by Crippen LogP contribution is 2.20. The molecule has 0 bridgehead atoms. The molecule has 236 valence electrons. The Kier molecular flexibility index (Phi) is 11.1. The van der Waals surface area contributed by atoms with Crippen molar-refractivity contribution in [1.29, 1.82) is 0 Å². The molecular formula is C31H39N5O8. The minimum atomic E-state index is -1.43. The number of aliphatic carboxylic acids is 1. The van der Waals surface area contributed by atoms with E-state index in [-0.39, 0.29) is 13.1 Å². The van der Waals surface area contributed by atoms with Crippen LogP contribution in [-0.4, -0.2) is 65.1 Å². The highest BCUT2D eigenvalue weighted by molar-refractivity contribution is 5.93. The van der Waals surface area contributed by atoms with Gasteiger partial charge in [0.05, 0.1) is 25.1 Å². The molecule has 4 rings (SSSR count). The molecular weight excluding hydrogens is 570 g/mol. The van der Waals surface area contributed by atoms with Gasteiger partial charge in [0.2, 0.25) is 17.7 Å². The lowest BCUT2D eigenvalue weighted by atomic mass is 9.97. The smallest absolute Gasteiger partial charge is 0.420 e. The van der Waals surface area contributed by atoms with E-state index in [1.54, 1.807) is 24.3 Å². The number of oxazole rings is 1. The standard InChI is InChI=1S/C31H39N5O8/c1-19-9-10-23(43-13-11-21-6-5-12-32-16-21)14-22(19)17-33-29(40)25(35-30(41)24(15-28(38)39)34-20(2)37)18-36-26-7-3-4-8-27(26)44-31(36)42/h3-4,7-10,14,21,24-25,32H,5-6,11-13,15-18H2,1-2H3,(H,33,40)(H,34,37)(H,35,41)(H,38,39)/t21?,24-,25?/m0/s1. The van der Waals surface area contributed by atoms with Crippen LogP contribution in [0.4, 0.5) is 0 Å². The monoisotopic (exact) mass is 609 g/mol. The van der Waals surface area contributed by atoms with E-state index in [0.717, 1.165) is 37.6 Å². The van der Waals surface area contributed by atoms with Gasteiger partial charge in [0, 0.05) is 13.5 Å². The number of hydrogen-bond acceptors (Lipinski definition) is 8. The second-order valence-electron chi connectivity index (χ2n) is 11.0. The van der Waals surface area contributed by atoms with E-state index in [0.29, 0.717) is 29.4 Å². The molecule has 13 nitrogen and oxygen atoms in total. The summed E-state index contributed by atoms with van der Waals surface area (Å²) in [6, 6.07) is 9.53. The van der Waals surface area contributed by atoms with E-state index in [4.69, 9.17) is 9.15 Å². The molecule has 2 unspecified atom stereocenters. The minimum absolute atomic E-state index is 0.103. The topological polar surface area (TPSA) is 181 Å². The number of fused-ring (bicyclic) bond motifs is 1. The maximum atomic E-state index is 13.5. The SMILES string of the molecule is CC(=O)N[C@@H](CC(=O)O)C(=O)NC(Cn1c(=O)oc2ccccc21)C(=O)NCc1cc(OCCC2CCCNC2)ccc1C. The van der Waals surface area contributed by atoms with Crippen LogP contribution in [0.25, 0.3) is 11.1 Å². The Bertz CT molecular complexity index is 1530. The summed E-state index contributed by atoms with van der Waals surface area (Å²) in [5.74, 6) is -2.90. The van der Waals surface area contributed by atoms with E-state index in [9.17, 15) is 29.1 Å². The molecule has 0 saturated carbocycles. The number of amides is 3. The van der Waals surface area contributed by atoms with Crippen LogP contribution in [-0.2, 0) is 32.3 Å². The number of nitrogens with one attached hydrogen (secondary N) is 4. The van der Waals surface area contributed by atoms with Crippen molar-refractivity contribution in [2.24, 2.45) is 5.92 Å². The summed E-state index contributed by atoms with van der Waals surface area (Å²) in [7, 11) is 0. The molecule has 2 aromatic carbocycles. The van der Waals surface area contributed by atoms with Crippen LogP contribution in [0, 0.1) is 12.8 Å². The third-order valence-electron chi connectivity index (χ3n) is 7.61. The predicted octanol–water partition coefficient (Wildman–Crippen LogP) is 1.45. The van der Waals surface area contributed by atoms with E-state index >= 15 is 0 Å². The Morgan fingerprint density at radius 3 is 2.64 bits per heavy atom. The predicted molar refractivity (Wildman–Crippen MR) is 161 cm³/mol. The van der Waals surface area contributed by atoms with Crippen LogP contribution in [0.15, 0.2) is 51.7 Å². The van der Waals surface area contributed by atoms with Crippen LogP contribution >= 0.6 is 0 Å². The first-order valence-electron chi connectivity index (χ1n) is 14.7. The Hall–Kier alpha value is -4.65. The van der Waals surface area contributed by atoms with Gasteiger partial charge in [0.15, 0.2) is 5.58 Å². The Morgan fingerprint density at radius 1 is 1.11 bits per heavy atom. The van der Waals surface area contributed by atoms with Crippen molar-refractivity contribution in [2.45, 2.75) is 64.7 Å². The van der Waals surface area contributed by atoms with Crippen molar-refractivity contribution in [3.8, 4) is 5.75 Å². The van der Waals surface area contributed by atoms with Gasteiger partial charge in [-0.1, -0.05) is 18.2 Å². The molecule has 44 heavy (non-hydrogen) atoms. The van der Waals surface area contributed by atoms with Gasteiger partial charge in [0.25, 0.3) is 0 Å². The van der Waals surface area contributed by atoms with Crippen LogP contribution in [0.3, 0.4) is 0 Å². The van der Waals surface area contributed by atoms with Gasteiger partial charge < -0.3 is 35.5 Å². The lowest BCUT2D eigenvalue weighted by Crippen LogP contribution is -2.55. The van der Waals surface area contributed by atoms with Crippen molar-refractivity contribution in [1.82, 2.24) is 25.8 Å². The van der Waals surface area contributed by atoms with Crippen molar-refractivity contribution < 1.29 is 33.4 Å². The fourth-order valence-electron chi connectivity index (χ4n) is 5.21. The van der Waals surface area contributed by atoms with E-state index in [2.05, 4.69) is 21.3 Å². The zero-order valence-corrected chi connectivity index (χ0v) is 24.9. The van der Waals surface area contributed by atoms with Crippen molar-refractivity contribution in [3.63, 3.8) is 0 Å². The molecule has 1 saturated heterocycles. The average molecular weight is 610 g/mol. The molecule has 1 aliphatic rings. The lowest BCUT2D eigenvalue weighted by Gasteiger charge is -2.23. The molecule has 0 aliphatic carbocycles. The number of benzene rings is 2. The molecule has 3 amide bonds. The number of aryl methyl sites for hydroxylation is 1. The van der Waals surface area contributed by atoms with Gasteiger partial charge in [-0.25, -0.2) is 4.79 Å². The van der Waals surface area contributed by atoms with Gasteiger partial charge in [-0.05, 0) is 80.6 Å². The first kappa shape index (κ1) is 32.3. The van der Waals surface area contributed by atoms with Crippen molar-refractivity contribution in [2.75, 3.05) is 19.7 Å². The molecule has 0 spiro atoms. The number of para-hydroxylation sites is 2. The molecule has 1 aromatic heterocycles. The summed E-state index contributed by atoms with van der Waals surface area (Å²) in [5.41, 5.74) is 2.43.